The molecular weight excluding hydrogens is 478 g/mol. The number of hydrogen-bond donors (Lipinski definition) is 2. The molecule has 10 heteroatoms. The van der Waals surface area contributed by atoms with E-state index >= 15 is 0 Å². The van der Waals surface area contributed by atoms with E-state index in [9.17, 15) is 18.0 Å². The molecule has 2 aliphatic rings. The number of sulfonamides is 1. The maximum atomic E-state index is 13.9. The number of nitrogens with zero attached hydrogens (tertiary/aromatic N) is 1. The number of fused-ring (bicyclic) bond motifs is 1. The number of carbonyl (C=O) groups excluding carboxylic acids is 2. The number of amides is 2. The molecule has 1 fully saturated rings. The molecule has 1 atom stereocenters. The lowest BCUT2D eigenvalue weighted by atomic mass is 10.1. The van der Waals surface area contributed by atoms with Gasteiger partial charge in [-0.2, -0.15) is 0 Å². The largest absolute Gasteiger partial charge is 0.495 e. The lowest BCUT2D eigenvalue weighted by molar-refractivity contribution is -0.125. The second-order valence-corrected chi connectivity index (χ2v) is 10.8. The number of rotatable bonds is 6. The maximum Gasteiger partial charge on any atom is 0.268 e. The Morgan fingerprint density at radius 2 is 1.85 bits per heavy atom. The zero-order valence-electron chi connectivity index (χ0n) is 18.9. The summed E-state index contributed by atoms with van der Waals surface area (Å²) in [4.78, 5) is 25.9. The summed E-state index contributed by atoms with van der Waals surface area (Å²) < 4.78 is 34.2. The van der Waals surface area contributed by atoms with Gasteiger partial charge in [-0.1, -0.05) is 49.4 Å². The SMILES string of the molecule is COc1ccc(Cl)cc1S(=O)(=O)N1c2ccccc2NC(=O)C1CC(=O)NC1CCCCCC1. The minimum Gasteiger partial charge on any atom is -0.495 e. The van der Waals surface area contributed by atoms with Gasteiger partial charge in [0.1, 0.15) is 16.7 Å². The second-order valence-electron chi connectivity index (χ2n) is 8.58. The molecule has 4 rings (SSSR count). The standard InChI is InChI=1S/C24H28ClN3O5S/c1-33-21-13-12-16(25)14-22(21)34(31,32)28-19-11-7-6-10-18(19)27-24(30)20(28)15-23(29)26-17-8-4-2-3-5-9-17/h6-7,10-14,17,20H,2-5,8-9,15H2,1H3,(H,26,29)(H,27,30). The van der Waals surface area contributed by atoms with Crippen molar-refractivity contribution >= 4 is 44.8 Å². The quantitative estimate of drug-likeness (QED) is 0.575. The van der Waals surface area contributed by atoms with Crippen LogP contribution in [0.3, 0.4) is 0 Å². The topological polar surface area (TPSA) is 105 Å². The Morgan fingerprint density at radius 1 is 1.15 bits per heavy atom. The first-order chi connectivity index (χ1) is 16.3. The predicted octanol–water partition coefficient (Wildman–Crippen LogP) is 4.09. The van der Waals surface area contributed by atoms with Crippen LogP contribution in [0.1, 0.15) is 44.9 Å². The minimum atomic E-state index is -4.32. The summed E-state index contributed by atoms with van der Waals surface area (Å²) in [6.45, 7) is 0. The first-order valence-electron chi connectivity index (χ1n) is 11.4. The van der Waals surface area contributed by atoms with Crippen LogP contribution in [-0.4, -0.2) is 39.4 Å². The number of carbonyl (C=O) groups is 2. The van der Waals surface area contributed by atoms with Crippen LogP contribution in [0.2, 0.25) is 5.02 Å². The molecular formula is C24H28ClN3O5S. The summed E-state index contributed by atoms with van der Waals surface area (Å²) in [7, 11) is -2.97. The van der Waals surface area contributed by atoms with E-state index in [1.807, 2.05) is 0 Å². The summed E-state index contributed by atoms with van der Waals surface area (Å²) in [6, 6.07) is 9.62. The van der Waals surface area contributed by atoms with Crippen LogP contribution in [0.25, 0.3) is 0 Å². The van der Waals surface area contributed by atoms with Crippen LogP contribution in [-0.2, 0) is 19.6 Å². The smallest absolute Gasteiger partial charge is 0.268 e. The van der Waals surface area contributed by atoms with Crippen LogP contribution >= 0.6 is 11.6 Å². The molecule has 0 saturated heterocycles. The van der Waals surface area contributed by atoms with Crippen molar-refractivity contribution in [1.29, 1.82) is 0 Å². The third-order valence-corrected chi connectivity index (χ3v) is 8.33. The van der Waals surface area contributed by atoms with Gasteiger partial charge >= 0.3 is 0 Å². The summed E-state index contributed by atoms with van der Waals surface area (Å²) in [5.74, 6) is -0.835. The first-order valence-corrected chi connectivity index (χ1v) is 13.2. The number of anilines is 2. The fourth-order valence-corrected chi connectivity index (χ4v) is 6.63. The third-order valence-electron chi connectivity index (χ3n) is 6.25. The lowest BCUT2D eigenvalue weighted by Crippen LogP contribution is -2.53. The Bertz CT molecular complexity index is 1180. The zero-order valence-corrected chi connectivity index (χ0v) is 20.5. The van der Waals surface area contributed by atoms with Crippen molar-refractivity contribution in [3.63, 3.8) is 0 Å². The lowest BCUT2D eigenvalue weighted by Gasteiger charge is -2.37. The minimum absolute atomic E-state index is 0.0343. The average molecular weight is 506 g/mol. The van der Waals surface area contributed by atoms with E-state index in [0.717, 1.165) is 42.8 Å². The van der Waals surface area contributed by atoms with Crippen LogP contribution in [0, 0.1) is 0 Å². The van der Waals surface area contributed by atoms with Crippen molar-refractivity contribution in [2.24, 2.45) is 0 Å². The highest BCUT2D eigenvalue weighted by Gasteiger charge is 2.43. The number of ether oxygens (including phenoxy) is 1. The first kappa shape index (κ1) is 24.3. The van der Waals surface area contributed by atoms with Crippen molar-refractivity contribution in [2.45, 2.75) is 61.9 Å². The van der Waals surface area contributed by atoms with E-state index in [-0.39, 0.29) is 39.7 Å². The molecule has 1 heterocycles. The van der Waals surface area contributed by atoms with E-state index in [4.69, 9.17) is 16.3 Å². The van der Waals surface area contributed by atoms with E-state index in [0.29, 0.717) is 5.69 Å². The van der Waals surface area contributed by atoms with Crippen LogP contribution < -0.4 is 19.7 Å². The third kappa shape index (κ3) is 5.00. The number of benzene rings is 2. The molecule has 182 valence electrons. The van der Waals surface area contributed by atoms with Gasteiger partial charge in [0, 0.05) is 11.1 Å². The molecule has 0 radical (unpaired) electrons. The van der Waals surface area contributed by atoms with Crippen molar-refractivity contribution in [3.05, 3.63) is 47.5 Å². The number of halogens is 1. The highest BCUT2D eigenvalue weighted by atomic mass is 35.5. The monoisotopic (exact) mass is 505 g/mol. The number of methoxy groups -OCH3 is 1. The van der Waals surface area contributed by atoms with Crippen LogP contribution in [0.15, 0.2) is 47.4 Å². The molecule has 34 heavy (non-hydrogen) atoms. The van der Waals surface area contributed by atoms with E-state index in [1.54, 1.807) is 24.3 Å². The van der Waals surface area contributed by atoms with Gasteiger partial charge in [-0.25, -0.2) is 8.42 Å². The number of nitrogens with one attached hydrogen (secondary N) is 2. The molecule has 2 aromatic rings. The van der Waals surface area contributed by atoms with Gasteiger partial charge in [0.05, 0.1) is 24.9 Å². The molecule has 1 saturated carbocycles. The van der Waals surface area contributed by atoms with Crippen molar-refractivity contribution in [2.75, 3.05) is 16.7 Å². The summed E-state index contributed by atoms with van der Waals surface area (Å²) in [5.41, 5.74) is 0.619. The number of para-hydroxylation sites is 2. The van der Waals surface area contributed by atoms with Gasteiger partial charge in [0.15, 0.2) is 0 Å². The Hall–Kier alpha value is -2.78. The molecule has 8 nitrogen and oxygen atoms in total. The summed E-state index contributed by atoms with van der Waals surface area (Å²) in [5, 5.41) is 5.95. The van der Waals surface area contributed by atoms with Crippen LogP contribution in [0.4, 0.5) is 11.4 Å². The Kier molecular flexibility index (Phi) is 7.33. The zero-order chi connectivity index (χ0) is 24.3. The molecule has 0 aromatic heterocycles. The van der Waals surface area contributed by atoms with Crippen molar-refractivity contribution < 1.29 is 22.7 Å². The molecule has 1 aliphatic carbocycles. The number of hydrogen-bond acceptors (Lipinski definition) is 5. The van der Waals surface area contributed by atoms with Gasteiger partial charge in [-0.05, 0) is 43.2 Å². The van der Waals surface area contributed by atoms with Gasteiger partial charge in [0.25, 0.3) is 10.0 Å². The highest BCUT2D eigenvalue weighted by molar-refractivity contribution is 7.93. The summed E-state index contributed by atoms with van der Waals surface area (Å²) >= 11 is 6.11. The Balaban J connectivity index is 1.71. The van der Waals surface area contributed by atoms with E-state index in [2.05, 4.69) is 10.6 Å². The van der Waals surface area contributed by atoms with Crippen molar-refractivity contribution in [1.82, 2.24) is 5.32 Å². The van der Waals surface area contributed by atoms with Gasteiger partial charge in [-0.15, -0.1) is 0 Å². The van der Waals surface area contributed by atoms with Gasteiger partial charge in [-0.3, -0.25) is 13.9 Å². The van der Waals surface area contributed by atoms with Gasteiger partial charge in [0.2, 0.25) is 11.8 Å². The van der Waals surface area contributed by atoms with E-state index < -0.39 is 22.0 Å². The van der Waals surface area contributed by atoms with E-state index in [1.165, 1.54) is 25.3 Å². The van der Waals surface area contributed by atoms with Crippen LogP contribution in [0.5, 0.6) is 5.75 Å². The molecule has 2 amide bonds. The second kappa shape index (κ2) is 10.2. The Morgan fingerprint density at radius 3 is 2.56 bits per heavy atom. The van der Waals surface area contributed by atoms with Crippen molar-refractivity contribution in [3.8, 4) is 5.75 Å². The molecule has 2 N–H and O–H groups in total. The fraction of sp³-hybridized carbons (Fsp3) is 0.417. The molecule has 2 aromatic carbocycles. The molecule has 0 bridgehead atoms. The maximum absolute atomic E-state index is 13.9. The fourth-order valence-electron chi connectivity index (χ4n) is 4.58. The van der Waals surface area contributed by atoms with Gasteiger partial charge < -0.3 is 15.4 Å². The summed E-state index contributed by atoms with van der Waals surface area (Å²) in [6.07, 6.45) is 5.82. The predicted molar refractivity (Wildman–Crippen MR) is 131 cm³/mol. The molecule has 1 unspecified atom stereocenters. The highest BCUT2D eigenvalue weighted by Crippen LogP contribution is 2.39. The Labute approximate surface area is 204 Å². The molecule has 1 aliphatic heterocycles. The average Bonchev–Trinajstić information content (AvgIpc) is 3.08. The normalized spacial score (nSPS) is 19.1. The molecule has 0 spiro atoms.